The second-order valence-electron chi connectivity index (χ2n) is 6.54. The van der Waals surface area contributed by atoms with Gasteiger partial charge >= 0.3 is 5.97 Å². The van der Waals surface area contributed by atoms with Crippen LogP contribution in [0.25, 0.3) is 10.9 Å². The van der Waals surface area contributed by atoms with Gasteiger partial charge in [-0.1, -0.05) is 25.7 Å². The van der Waals surface area contributed by atoms with Gasteiger partial charge in [0.25, 0.3) is 0 Å². The number of rotatable bonds is 7. The molecule has 1 aromatic carbocycles. The fourth-order valence-electron chi connectivity index (χ4n) is 2.25. The molecule has 0 N–H and O–H groups in total. The van der Waals surface area contributed by atoms with E-state index in [2.05, 4.69) is 24.7 Å². The van der Waals surface area contributed by atoms with E-state index in [0.29, 0.717) is 29.4 Å². The molecule has 0 spiro atoms. The van der Waals surface area contributed by atoms with Gasteiger partial charge in [-0.2, -0.15) is 5.10 Å². The molecule has 0 radical (unpaired) electrons. The topological polar surface area (TPSA) is 70.4 Å². The molecule has 2 rings (SSSR count). The average Bonchev–Trinajstić information content (AvgIpc) is 2.88. The van der Waals surface area contributed by atoms with Crippen molar-refractivity contribution >= 4 is 31.2 Å². The first kappa shape index (κ1) is 17.4. The van der Waals surface area contributed by atoms with Crippen LogP contribution in [0.2, 0.25) is 25.7 Å². The molecular formula is C16H22N2O4Si. The SMILES string of the molecule is COC(=O)c1cccc2c1c(C=O)nn2COCC[Si](C)(C)C. The fraction of sp³-hybridized carbons (Fsp3) is 0.438. The third-order valence-electron chi connectivity index (χ3n) is 3.53. The van der Waals surface area contributed by atoms with Crippen LogP contribution in [0.5, 0.6) is 0 Å². The third-order valence-corrected chi connectivity index (χ3v) is 5.24. The van der Waals surface area contributed by atoms with E-state index in [1.54, 1.807) is 16.8 Å². The van der Waals surface area contributed by atoms with Gasteiger partial charge in [0.05, 0.1) is 18.2 Å². The number of aromatic nitrogens is 2. The maximum absolute atomic E-state index is 11.9. The van der Waals surface area contributed by atoms with Crippen molar-refractivity contribution in [1.29, 1.82) is 0 Å². The highest BCUT2D eigenvalue weighted by Crippen LogP contribution is 2.23. The fourth-order valence-corrected chi connectivity index (χ4v) is 3.01. The summed E-state index contributed by atoms with van der Waals surface area (Å²) in [6.45, 7) is 7.76. The van der Waals surface area contributed by atoms with E-state index >= 15 is 0 Å². The van der Waals surface area contributed by atoms with E-state index < -0.39 is 14.0 Å². The van der Waals surface area contributed by atoms with E-state index in [4.69, 9.17) is 9.47 Å². The quantitative estimate of drug-likeness (QED) is 0.337. The molecule has 0 atom stereocenters. The van der Waals surface area contributed by atoms with Gasteiger partial charge in [0.15, 0.2) is 6.29 Å². The second-order valence-corrected chi connectivity index (χ2v) is 12.2. The van der Waals surface area contributed by atoms with Crippen LogP contribution >= 0.6 is 0 Å². The predicted octanol–water partition coefficient (Wildman–Crippen LogP) is 2.95. The Morgan fingerprint density at radius 1 is 1.35 bits per heavy atom. The first-order valence-electron chi connectivity index (χ1n) is 7.48. The summed E-state index contributed by atoms with van der Waals surface area (Å²) in [5.74, 6) is -0.488. The first-order chi connectivity index (χ1) is 10.9. The summed E-state index contributed by atoms with van der Waals surface area (Å²) in [5.41, 5.74) is 1.23. The Bertz CT molecular complexity index is 719. The Labute approximate surface area is 136 Å². The molecule has 0 saturated carbocycles. The molecule has 6 nitrogen and oxygen atoms in total. The standard InChI is InChI=1S/C16H22N2O4Si/c1-21-16(20)12-6-5-7-14-15(12)13(10-19)17-18(14)11-22-8-9-23(2,3)4/h5-7,10H,8-9,11H2,1-4H3. The number of carbonyl (C=O) groups is 2. The molecule has 1 aromatic heterocycles. The minimum absolute atomic E-state index is 0.217. The highest BCUT2D eigenvalue weighted by atomic mass is 28.3. The molecular weight excluding hydrogens is 312 g/mol. The molecule has 2 aromatic rings. The van der Waals surface area contributed by atoms with Gasteiger partial charge in [0.1, 0.15) is 12.4 Å². The van der Waals surface area contributed by atoms with Gasteiger partial charge in [-0.25, -0.2) is 9.48 Å². The Kier molecular flexibility index (Phi) is 5.33. The zero-order chi connectivity index (χ0) is 17.0. The monoisotopic (exact) mass is 334 g/mol. The number of nitrogens with zero attached hydrogens (tertiary/aromatic N) is 2. The minimum atomic E-state index is -1.15. The first-order valence-corrected chi connectivity index (χ1v) is 11.2. The van der Waals surface area contributed by atoms with E-state index in [-0.39, 0.29) is 12.4 Å². The van der Waals surface area contributed by atoms with E-state index in [1.165, 1.54) is 7.11 Å². The molecule has 1 heterocycles. The molecule has 124 valence electrons. The Hall–Kier alpha value is -1.99. The highest BCUT2D eigenvalue weighted by molar-refractivity contribution is 6.76. The van der Waals surface area contributed by atoms with Crippen LogP contribution < -0.4 is 0 Å². The average molecular weight is 334 g/mol. The number of methoxy groups -OCH3 is 1. The van der Waals surface area contributed by atoms with Crippen molar-refractivity contribution in [3.8, 4) is 0 Å². The molecule has 0 bridgehead atoms. The van der Waals surface area contributed by atoms with Crippen LogP contribution in [-0.4, -0.2) is 43.8 Å². The van der Waals surface area contributed by atoms with Crippen LogP contribution in [0.3, 0.4) is 0 Å². The third kappa shape index (κ3) is 4.05. The maximum atomic E-state index is 11.9. The number of aldehydes is 1. The van der Waals surface area contributed by atoms with Gasteiger partial charge in [0, 0.05) is 20.1 Å². The summed E-state index contributed by atoms with van der Waals surface area (Å²) in [7, 11) is 0.160. The second kappa shape index (κ2) is 7.06. The molecule has 0 saturated heterocycles. The van der Waals surface area contributed by atoms with Crippen LogP contribution in [0, 0.1) is 0 Å². The van der Waals surface area contributed by atoms with E-state index in [1.807, 2.05) is 6.07 Å². The lowest BCUT2D eigenvalue weighted by atomic mass is 10.1. The summed E-state index contributed by atoms with van der Waals surface area (Å²) >= 11 is 0. The molecule has 7 heteroatoms. The normalized spacial score (nSPS) is 11.7. The number of carbonyl (C=O) groups excluding carboxylic acids is 2. The van der Waals surface area contributed by atoms with Crippen LogP contribution in [0.1, 0.15) is 20.8 Å². The number of fused-ring (bicyclic) bond motifs is 1. The molecule has 0 aliphatic carbocycles. The van der Waals surface area contributed by atoms with Crippen molar-refractivity contribution in [2.75, 3.05) is 13.7 Å². The minimum Gasteiger partial charge on any atom is -0.465 e. The van der Waals surface area contributed by atoms with Gasteiger partial charge in [-0.05, 0) is 18.2 Å². The molecule has 0 aliphatic rings. The highest BCUT2D eigenvalue weighted by Gasteiger charge is 2.19. The summed E-state index contributed by atoms with van der Waals surface area (Å²) in [5, 5.41) is 4.75. The van der Waals surface area contributed by atoms with Crippen molar-refractivity contribution in [1.82, 2.24) is 9.78 Å². The zero-order valence-corrected chi connectivity index (χ0v) is 15.0. The van der Waals surface area contributed by atoms with Crippen molar-refractivity contribution in [2.45, 2.75) is 32.4 Å². The van der Waals surface area contributed by atoms with Crippen molar-refractivity contribution in [3.05, 3.63) is 29.5 Å². The maximum Gasteiger partial charge on any atom is 0.338 e. The Morgan fingerprint density at radius 3 is 2.70 bits per heavy atom. The molecule has 0 amide bonds. The number of hydrogen-bond donors (Lipinski definition) is 0. The predicted molar refractivity (Wildman–Crippen MR) is 90.6 cm³/mol. The Balaban J connectivity index is 2.28. The van der Waals surface area contributed by atoms with Crippen LogP contribution in [0.4, 0.5) is 0 Å². The van der Waals surface area contributed by atoms with E-state index in [9.17, 15) is 9.59 Å². The van der Waals surface area contributed by atoms with Crippen molar-refractivity contribution in [2.24, 2.45) is 0 Å². The van der Waals surface area contributed by atoms with E-state index in [0.717, 1.165) is 6.04 Å². The lowest BCUT2D eigenvalue weighted by Gasteiger charge is -2.15. The lowest BCUT2D eigenvalue weighted by molar-refractivity contribution is 0.0603. The number of ether oxygens (including phenoxy) is 2. The Morgan fingerprint density at radius 2 is 2.09 bits per heavy atom. The smallest absolute Gasteiger partial charge is 0.338 e. The largest absolute Gasteiger partial charge is 0.465 e. The van der Waals surface area contributed by atoms with Gasteiger partial charge in [-0.3, -0.25) is 4.79 Å². The lowest BCUT2D eigenvalue weighted by Crippen LogP contribution is -2.22. The van der Waals surface area contributed by atoms with Gasteiger partial charge < -0.3 is 9.47 Å². The van der Waals surface area contributed by atoms with Gasteiger partial charge in [-0.15, -0.1) is 0 Å². The number of hydrogen-bond acceptors (Lipinski definition) is 5. The van der Waals surface area contributed by atoms with Gasteiger partial charge in [0.2, 0.25) is 0 Å². The molecule has 23 heavy (non-hydrogen) atoms. The molecule has 0 aliphatic heterocycles. The van der Waals surface area contributed by atoms with Crippen LogP contribution in [-0.2, 0) is 16.2 Å². The summed E-state index contributed by atoms with van der Waals surface area (Å²) in [4.78, 5) is 23.2. The zero-order valence-electron chi connectivity index (χ0n) is 14.0. The summed E-state index contributed by atoms with van der Waals surface area (Å²) < 4.78 is 12.1. The number of esters is 1. The van der Waals surface area contributed by atoms with Crippen LogP contribution in [0.15, 0.2) is 18.2 Å². The summed E-state index contributed by atoms with van der Waals surface area (Å²) in [6, 6.07) is 6.23. The summed E-state index contributed by atoms with van der Waals surface area (Å²) in [6.07, 6.45) is 0.646. The van der Waals surface area contributed by atoms with Crippen molar-refractivity contribution in [3.63, 3.8) is 0 Å². The molecule has 0 unspecified atom stereocenters. The van der Waals surface area contributed by atoms with Crippen molar-refractivity contribution < 1.29 is 19.1 Å². The number of benzene rings is 1. The molecule has 0 fully saturated rings.